The van der Waals surface area contributed by atoms with E-state index in [1.54, 1.807) is 6.20 Å². The van der Waals surface area contributed by atoms with E-state index in [4.69, 9.17) is 32.7 Å². The van der Waals surface area contributed by atoms with Gasteiger partial charge in [-0.25, -0.2) is 0 Å². The summed E-state index contributed by atoms with van der Waals surface area (Å²) in [5, 5.41) is 4.61. The van der Waals surface area contributed by atoms with Gasteiger partial charge in [-0.1, -0.05) is 41.4 Å². The number of benzene rings is 2. The van der Waals surface area contributed by atoms with E-state index in [9.17, 15) is 0 Å². The van der Waals surface area contributed by atoms with Gasteiger partial charge >= 0.3 is 0 Å². The quantitative estimate of drug-likeness (QED) is 0.372. The van der Waals surface area contributed by atoms with E-state index < -0.39 is 0 Å². The van der Waals surface area contributed by atoms with Crippen molar-refractivity contribution < 1.29 is 9.47 Å². The van der Waals surface area contributed by atoms with Crippen LogP contribution in [0.3, 0.4) is 0 Å². The molecule has 2 aromatic carbocycles. The van der Waals surface area contributed by atoms with E-state index in [0.717, 1.165) is 23.2 Å². The molecule has 0 spiro atoms. The van der Waals surface area contributed by atoms with E-state index in [1.165, 1.54) is 0 Å². The zero-order valence-corrected chi connectivity index (χ0v) is 19.6. The summed E-state index contributed by atoms with van der Waals surface area (Å²) in [7, 11) is 0. The maximum Gasteiger partial charge on any atom is 0.180 e. The molecule has 0 amide bonds. The van der Waals surface area contributed by atoms with Crippen LogP contribution < -0.4 is 14.8 Å². The van der Waals surface area contributed by atoms with Gasteiger partial charge in [-0.3, -0.25) is 4.98 Å². The fraction of sp³-hybridized carbons (Fsp3) is 0.227. The van der Waals surface area contributed by atoms with Crippen LogP contribution in [-0.4, -0.2) is 11.6 Å². The van der Waals surface area contributed by atoms with Crippen LogP contribution in [0, 0.1) is 0 Å². The van der Waals surface area contributed by atoms with Crippen LogP contribution in [0.25, 0.3) is 0 Å². The van der Waals surface area contributed by atoms with Crippen molar-refractivity contribution in [3.8, 4) is 11.5 Å². The lowest BCUT2D eigenvalue weighted by atomic mass is 10.2. The Labute approximate surface area is 199 Å². The van der Waals surface area contributed by atoms with E-state index >= 15 is 0 Å². The third-order valence-electron chi connectivity index (χ3n) is 4.05. The number of nitrogens with zero attached hydrogens (tertiary/aromatic N) is 1. The van der Waals surface area contributed by atoms with Crippen LogP contribution in [0.1, 0.15) is 23.6 Å². The first-order valence-electron chi connectivity index (χ1n) is 9.07. The third kappa shape index (κ3) is 7.86. The molecule has 0 aliphatic rings. The second-order valence-corrected chi connectivity index (χ2v) is 7.06. The van der Waals surface area contributed by atoms with Crippen LogP contribution in [0.5, 0.6) is 11.5 Å². The molecule has 0 aliphatic carbocycles. The number of hydrogen-bond acceptors (Lipinski definition) is 4. The van der Waals surface area contributed by atoms with Crippen LogP contribution in [0.15, 0.2) is 60.9 Å². The molecule has 0 fully saturated rings. The van der Waals surface area contributed by atoms with Gasteiger partial charge in [-0.2, -0.15) is 0 Å². The Balaban J connectivity index is 0.00000225. The summed E-state index contributed by atoms with van der Waals surface area (Å²) in [6, 6.07) is 15.3. The van der Waals surface area contributed by atoms with Gasteiger partial charge in [0.1, 0.15) is 6.61 Å². The van der Waals surface area contributed by atoms with E-state index in [-0.39, 0.29) is 24.8 Å². The Morgan fingerprint density at radius 2 is 1.63 bits per heavy atom. The molecule has 0 aliphatic heterocycles. The van der Waals surface area contributed by atoms with Crippen molar-refractivity contribution in [1.29, 1.82) is 0 Å². The maximum atomic E-state index is 6.49. The Hall–Kier alpha value is -1.69. The minimum absolute atomic E-state index is 0. The van der Waals surface area contributed by atoms with Gasteiger partial charge in [0.15, 0.2) is 11.5 Å². The number of pyridine rings is 1. The molecular formula is C22H24Cl4N2O2. The molecule has 1 heterocycles. The fourth-order valence-electron chi connectivity index (χ4n) is 2.72. The molecule has 3 rings (SSSR count). The molecule has 0 saturated heterocycles. The second kappa shape index (κ2) is 13.6. The molecule has 0 radical (unpaired) electrons. The third-order valence-corrected chi connectivity index (χ3v) is 4.58. The first-order valence-corrected chi connectivity index (χ1v) is 9.83. The van der Waals surface area contributed by atoms with Gasteiger partial charge in [0.2, 0.25) is 0 Å². The van der Waals surface area contributed by atoms with Gasteiger partial charge in [-0.15, -0.1) is 24.8 Å². The Morgan fingerprint density at radius 1 is 0.900 bits per heavy atom. The van der Waals surface area contributed by atoms with Gasteiger partial charge in [-0.05, 0) is 53.9 Å². The van der Waals surface area contributed by atoms with E-state index in [2.05, 4.69) is 10.3 Å². The lowest BCUT2D eigenvalue weighted by Crippen LogP contribution is -2.13. The minimum Gasteiger partial charge on any atom is -0.490 e. The van der Waals surface area contributed by atoms with Crippen LogP contribution in [-0.2, 0) is 19.7 Å². The van der Waals surface area contributed by atoms with Crippen molar-refractivity contribution >= 4 is 48.0 Å². The van der Waals surface area contributed by atoms with Crippen LogP contribution in [0.2, 0.25) is 10.0 Å². The van der Waals surface area contributed by atoms with Crippen molar-refractivity contribution in [3.63, 3.8) is 0 Å². The van der Waals surface area contributed by atoms with E-state index in [0.29, 0.717) is 41.3 Å². The molecule has 4 nitrogen and oxygen atoms in total. The molecule has 0 bridgehead atoms. The fourth-order valence-corrected chi connectivity index (χ4v) is 3.13. The zero-order chi connectivity index (χ0) is 19.8. The molecule has 3 aromatic rings. The molecule has 1 aromatic heterocycles. The molecule has 0 saturated carbocycles. The number of aromatic nitrogens is 1. The summed E-state index contributed by atoms with van der Waals surface area (Å²) in [5.41, 5.74) is 3.16. The van der Waals surface area contributed by atoms with Crippen molar-refractivity contribution in [1.82, 2.24) is 10.3 Å². The normalized spacial score (nSPS) is 9.97. The summed E-state index contributed by atoms with van der Waals surface area (Å²) < 4.78 is 11.7. The summed E-state index contributed by atoms with van der Waals surface area (Å²) in [6.07, 6.45) is 3.61. The van der Waals surface area contributed by atoms with Crippen LogP contribution >= 0.6 is 48.0 Å². The van der Waals surface area contributed by atoms with E-state index in [1.807, 2.05) is 61.7 Å². The summed E-state index contributed by atoms with van der Waals surface area (Å²) in [5.74, 6) is 1.19. The molecule has 0 atom stereocenters. The van der Waals surface area contributed by atoms with Crippen LogP contribution in [0.4, 0.5) is 0 Å². The van der Waals surface area contributed by atoms with Gasteiger partial charge in [0.05, 0.1) is 11.6 Å². The first-order chi connectivity index (χ1) is 13.7. The average Bonchev–Trinajstić information content (AvgIpc) is 2.70. The highest BCUT2D eigenvalue weighted by Gasteiger charge is 2.13. The Kier molecular flexibility index (Phi) is 11.9. The summed E-state index contributed by atoms with van der Waals surface area (Å²) >= 11 is 12.4. The van der Waals surface area contributed by atoms with Crippen molar-refractivity contribution in [3.05, 3.63) is 87.7 Å². The highest BCUT2D eigenvalue weighted by Crippen LogP contribution is 2.37. The molecule has 1 N–H and O–H groups in total. The summed E-state index contributed by atoms with van der Waals surface area (Å²) in [4.78, 5) is 4.12. The number of hydrogen-bond donors (Lipinski definition) is 1. The standard InChI is InChI=1S/C22H22Cl2N2O2.2ClH/c1-2-27-21-11-18(14-26-13-17-4-3-9-25-12-17)10-20(24)22(21)28-15-16-5-7-19(23)8-6-16;;/h3-12,26H,2,13-15H2,1H3;2*1H. The zero-order valence-electron chi connectivity index (χ0n) is 16.4. The van der Waals surface area contributed by atoms with Crippen molar-refractivity contribution in [2.45, 2.75) is 26.6 Å². The van der Waals surface area contributed by atoms with Crippen molar-refractivity contribution in [2.75, 3.05) is 6.61 Å². The Morgan fingerprint density at radius 3 is 2.30 bits per heavy atom. The highest BCUT2D eigenvalue weighted by molar-refractivity contribution is 6.32. The lowest BCUT2D eigenvalue weighted by molar-refractivity contribution is 0.269. The molecule has 162 valence electrons. The number of rotatable bonds is 9. The predicted molar refractivity (Wildman–Crippen MR) is 128 cm³/mol. The largest absolute Gasteiger partial charge is 0.490 e. The smallest absolute Gasteiger partial charge is 0.180 e. The topological polar surface area (TPSA) is 43.4 Å². The molecule has 8 heteroatoms. The highest BCUT2D eigenvalue weighted by atomic mass is 35.5. The lowest BCUT2D eigenvalue weighted by Gasteiger charge is -2.16. The average molecular weight is 490 g/mol. The molecule has 30 heavy (non-hydrogen) atoms. The first kappa shape index (κ1) is 26.3. The molecule has 0 unspecified atom stereocenters. The number of ether oxygens (including phenoxy) is 2. The van der Waals surface area contributed by atoms with Gasteiger partial charge in [0, 0.05) is 30.5 Å². The monoisotopic (exact) mass is 488 g/mol. The van der Waals surface area contributed by atoms with Crippen molar-refractivity contribution in [2.24, 2.45) is 0 Å². The Bertz CT molecular complexity index is 894. The number of halogens is 4. The SMILES string of the molecule is CCOc1cc(CNCc2cccnc2)cc(Cl)c1OCc1ccc(Cl)cc1.Cl.Cl. The van der Waals surface area contributed by atoms with Gasteiger partial charge in [0.25, 0.3) is 0 Å². The summed E-state index contributed by atoms with van der Waals surface area (Å²) in [6.45, 7) is 4.23. The van der Waals surface area contributed by atoms with Gasteiger partial charge < -0.3 is 14.8 Å². The molecular weight excluding hydrogens is 466 g/mol. The second-order valence-electron chi connectivity index (χ2n) is 6.22. The maximum absolute atomic E-state index is 6.49. The minimum atomic E-state index is 0. The number of nitrogens with one attached hydrogen (secondary N) is 1. The predicted octanol–water partition coefficient (Wildman–Crippen LogP) is 6.50.